The molecule has 5 fully saturated rings. The van der Waals surface area contributed by atoms with E-state index in [0.29, 0.717) is 0 Å². The van der Waals surface area contributed by atoms with E-state index in [9.17, 15) is 106 Å². The summed E-state index contributed by atoms with van der Waals surface area (Å²) in [5.74, 6) is -7.99. The van der Waals surface area contributed by atoms with Crippen LogP contribution in [0.2, 0.25) is 0 Å². The summed E-state index contributed by atoms with van der Waals surface area (Å²) in [7, 11) is -3.25. The van der Waals surface area contributed by atoms with E-state index in [0.717, 1.165) is 0 Å². The predicted octanol–water partition coefficient (Wildman–Crippen LogP) is -7.89. The first kappa shape index (κ1) is 96.5. The number of ether oxygens (including phenoxy) is 8. The standard InChI is InChI=1S/C47H73NO17.C21H39N7O12.H2O4S/c1-27-17-15-13-11-9-7-5-6-8-10-12-14-16-18-34(64-46-44(58)41(48)43(57)30(4)63-46)24-38-40(45(59)60)37(54)26-47(61,65-38)25-33(51)22-36(53)35(52)20-19-31(49)21-32(50)23-39(55)62-29(3)28(2)42(27)56;1-5-21(36,4-30)16(40-17-9(26-2)13(34)10(31)6(3-29)38-17)18(37-5)39-15-8(28-20(24)25)11(32)7(27-19(22)23)12(33)14(15)35;1-5(2,3)4/h5-18,27-38,40-44,46,49-54,56-58,61H,19-26,48H2,1-4H3,(H,59,60);4-18,26,29,31-36H,3H2,1-2H3,(H4,22,23,27)(H4,24,25,28);(H2,1,2,3,4)/b6-5+,9-7+,10-8+,13-11+,14-12+,17-15+,18-16+;;/t27-,28-,29-,30+,31+,32+,33-,34-,35+,36+,37-,38-,40+,41-,42+,43+,44-,46-,47+;5-,6-,7+,8-,9-,10-,11+,12-,13-,14+,15+,16-,17-,18-,21+;/m00./s1. The van der Waals surface area contributed by atoms with Gasteiger partial charge in [0.2, 0.25) is 0 Å². The number of carboxylic acid groups (broad SMARTS) is 1. The maximum absolute atomic E-state index is 12.6. The topological polar surface area (TPSA) is 728 Å². The lowest BCUT2D eigenvalue weighted by Gasteiger charge is -2.46. The van der Waals surface area contributed by atoms with Crippen LogP contribution in [0.15, 0.2) is 90.1 Å². The Hall–Kier alpha value is -5.84. The first-order valence-corrected chi connectivity index (χ1v) is 36.8. The van der Waals surface area contributed by atoms with Crippen LogP contribution < -0.4 is 33.6 Å². The van der Waals surface area contributed by atoms with Crippen LogP contribution in [0.1, 0.15) is 86.0 Å². The van der Waals surface area contributed by atoms with E-state index in [1.165, 1.54) is 27.0 Å². The Balaban J connectivity index is 0.000000481. The van der Waals surface area contributed by atoms with Gasteiger partial charge in [-0.2, -0.15) is 8.42 Å². The van der Waals surface area contributed by atoms with Crippen LogP contribution in [0.3, 0.4) is 0 Å². The van der Waals surface area contributed by atoms with Crippen LogP contribution in [0, 0.1) is 23.2 Å². The molecule has 0 amide bonds. The fourth-order valence-corrected chi connectivity index (χ4v) is 13.1. The van der Waals surface area contributed by atoms with E-state index in [2.05, 4.69) is 15.6 Å². The summed E-state index contributed by atoms with van der Waals surface area (Å²) in [5.41, 5.74) is 19.8. The molecule has 6 rings (SSSR count). The number of aliphatic hydroxyl groups is 17. The highest BCUT2D eigenvalue weighted by Crippen LogP contribution is 2.41. The number of cyclic esters (lactones) is 1. The number of aldehydes is 1. The zero-order chi connectivity index (χ0) is 83.0. The highest BCUT2D eigenvalue weighted by atomic mass is 32.3. The molecule has 110 heavy (non-hydrogen) atoms. The molecule has 2 bridgehead atoms. The molecular formula is C68H114N8O33S. The average molecular weight is 1600 g/mol. The number of rotatable bonds is 12. The number of likely N-dealkylation sites (N-methyl/N-ethyl adjacent to an activating group) is 1. The van der Waals surface area contributed by atoms with E-state index in [4.69, 9.17) is 83.8 Å². The normalized spacial score (nSPS) is 44.7. The van der Waals surface area contributed by atoms with E-state index in [-0.39, 0.29) is 37.9 Å². The minimum Gasteiger partial charge on any atom is -0.481 e. The first-order valence-electron chi connectivity index (χ1n) is 35.4. The van der Waals surface area contributed by atoms with Gasteiger partial charge in [0, 0.05) is 37.5 Å². The fourth-order valence-electron chi connectivity index (χ4n) is 13.1. The smallest absolute Gasteiger partial charge is 0.394 e. The highest BCUT2D eigenvalue weighted by molar-refractivity contribution is 7.79. The van der Waals surface area contributed by atoms with Crippen molar-refractivity contribution in [2.45, 2.75) is 275 Å². The van der Waals surface area contributed by atoms with E-state index in [1.54, 1.807) is 80.7 Å². The molecule has 6 aliphatic rings. The minimum absolute atomic E-state index is 0.107. The van der Waals surface area contributed by atoms with Crippen molar-refractivity contribution >= 4 is 40.5 Å². The van der Waals surface area contributed by atoms with Crippen LogP contribution in [0.4, 0.5) is 0 Å². The first-order chi connectivity index (χ1) is 51.3. The second kappa shape index (κ2) is 44.7. The molecular weight excluding hydrogens is 1490 g/mol. The van der Waals surface area contributed by atoms with Crippen molar-refractivity contribution in [3.8, 4) is 0 Å². The number of carboxylic acids is 1. The Labute approximate surface area is 635 Å². The van der Waals surface area contributed by atoms with Crippen molar-refractivity contribution in [1.29, 1.82) is 5.41 Å². The summed E-state index contributed by atoms with van der Waals surface area (Å²) in [4.78, 5) is 40.9. The van der Waals surface area contributed by atoms with Gasteiger partial charge in [0.15, 0.2) is 48.5 Å². The predicted molar refractivity (Wildman–Crippen MR) is 383 cm³/mol. The van der Waals surface area contributed by atoms with Gasteiger partial charge in [0.05, 0.1) is 104 Å². The number of carbonyl (C=O) groups is 3. The summed E-state index contributed by atoms with van der Waals surface area (Å²) in [6.07, 6.45) is -13.8. The SMILES string of the molecule is CN[C@@H]1[C@H](O[C@H]2[C@H](O[C@H]3[C@H](O)[C@@H](O)[C@H](N=C(N)N)[C@@H](O)[C@@H]3NC(=N)N)O[C@@H](C)[C@]2(O)C=O)O[C@@H](CO)[C@H](O)[C@H]1O.C[C@@H]1[C@H](O)[C@@H](C)/C=C/C=C/C=C/C=C/C=C/C=C/C=C/[C@H](O[C@@H]2O[C@H](C)[C@@H](O)[C@H](N)[C@@H]2O)C[C@@H]2O[C@](O)(C[C@@H](O)C[C@@H](O)[C@H](O)CC[C@@H](O)C[C@@H](O)CC(=O)O[C@H]1C)C[C@H](O)[C@H]2C(=O)O.O=S(=O)(O)O. The van der Waals surface area contributed by atoms with Crippen molar-refractivity contribution in [3.63, 3.8) is 0 Å². The van der Waals surface area contributed by atoms with Crippen molar-refractivity contribution in [2.75, 3.05) is 13.7 Å². The van der Waals surface area contributed by atoms with Crippen molar-refractivity contribution in [2.24, 2.45) is 45.7 Å². The maximum Gasteiger partial charge on any atom is 0.394 e. The largest absolute Gasteiger partial charge is 0.481 e. The molecule has 42 heteroatoms. The van der Waals surface area contributed by atoms with Gasteiger partial charge in [0.1, 0.15) is 73.0 Å². The number of aliphatic carboxylic acids is 1. The fraction of sp³-hybridized carbons (Fsp3) is 0.721. The third kappa shape index (κ3) is 28.9. The number of esters is 1. The van der Waals surface area contributed by atoms with Gasteiger partial charge < -0.3 is 163 Å². The van der Waals surface area contributed by atoms with E-state index in [1.807, 2.05) is 19.1 Å². The Morgan fingerprint density at radius 2 is 1.22 bits per heavy atom. The second-order valence-corrected chi connectivity index (χ2v) is 28.8. The zero-order valence-electron chi connectivity index (χ0n) is 61.4. The summed E-state index contributed by atoms with van der Waals surface area (Å²) in [5, 5.41) is 205. The highest BCUT2D eigenvalue weighted by Gasteiger charge is 2.61. The number of aliphatic imine (C=N–C) groups is 1. The van der Waals surface area contributed by atoms with Gasteiger partial charge in [-0.1, -0.05) is 98.9 Å². The lowest BCUT2D eigenvalue weighted by atomic mass is 9.81. The number of allylic oxidation sites excluding steroid dienone is 12. The molecule has 0 unspecified atom stereocenters. The molecule has 0 spiro atoms. The Morgan fingerprint density at radius 1 is 0.645 bits per heavy atom. The Bertz CT molecular complexity index is 3220. The van der Waals surface area contributed by atoms with E-state index >= 15 is 0 Å². The number of carbonyl (C=O) groups excluding carboxylic acids is 2. The molecule has 5 aliphatic heterocycles. The molecule has 34 atom stereocenters. The molecule has 1 saturated carbocycles. The van der Waals surface area contributed by atoms with Crippen molar-refractivity contribution in [1.82, 2.24) is 10.6 Å². The third-order valence-electron chi connectivity index (χ3n) is 19.4. The molecule has 5 heterocycles. The maximum atomic E-state index is 12.6. The molecule has 0 aromatic rings. The van der Waals surface area contributed by atoms with Gasteiger partial charge in [-0.15, -0.1) is 0 Å². The number of aliphatic hydroxyl groups excluding tert-OH is 15. The number of guanidine groups is 2. The van der Waals surface area contributed by atoms with Crippen molar-refractivity contribution in [3.05, 3.63) is 85.1 Å². The average Bonchev–Trinajstić information content (AvgIpc) is 1.21. The van der Waals surface area contributed by atoms with Gasteiger partial charge in [-0.05, 0) is 47.1 Å². The van der Waals surface area contributed by atoms with Gasteiger partial charge >= 0.3 is 22.3 Å². The number of nitrogens with two attached hydrogens (primary N) is 4. The molecule has 31 N–H and O–H groups in total. The number of nitrogens with one attached hydrogen (secondary N) is 3. The molecule has 0 aromatic carbocycles. The summed E-state index contributed by atoms with van der Waals surface area (Å²) in [6, 6.07) is -5.17. The minimum atomic E-state index is -4.67. The molecule has 0 radical (unpaired) electrons. The number of fused-ring (bicyclic) bond motifs is 2. The van der Waals surface area contributed by atoms with Gasteiger partial charge in [-0.3, -0.25) is 28.9 Å². The molecule has 630 valence electrons. The molecule has 1 aliphatic carbocycles. The van der Waals surface area contributed by atoms with Gasteiger partial charge in [-0.25, -0.2) is 4.99 Å². The molecule has 41 nitrogen and oxygen atoms in total. The van der Waals surface area contributed by atoms with Crippen LogP contribution in [-0.2, 0) is 62.7 Å². The number of hydrogen-bond donors (Lipinski definition) is 27. The van der Waals surface area contributed by atoms with Crippen LogP contribution in [0.25, 0.3) is 0 Å². The van der Waals surface area contributed by atoms with Crippen LogP contribution in [-0.4, -0.2) is 342 Å². The van der Waals surface area contributed by atoms with Crippen LogP contribution in [0.5, 0.6) is 0 Å². The lowest BCUT2D eigenvalue weighted by Crippen LogP contribution is -2.70. The summed E-state index contributed by atoms with van der Waals surface area (Å²) >= 11 is 0. The summed E-state index contributed by atoms with van der Waals surface area (Å²) in [6.45, 7) is 7.36. The summed E-state index contributed by atoms with van der Waals surface area (Å²) < 4.78 is 77.7. The monoisotopic (exact) mass is 1600 g/mol. The quantitative estimate of drug-likeness (QED) is 0.0284. The molecule has 0 aromatic heterocycles. The Morgan fingerprint density at radius 3 is 1.75 bits per heavy atom. The number of hydrogen-bond acceptors (Lipinski definition) is 34. The number of nitrogens with zero attached hydrogens (tertiary/aromatic N) is 1. The Kier molecular flexibility index (Phi) is 39.2. The van der Waals surface area contributed by atoms with Crippen LogP contribution >= 0.6 is 0 Å². The zero-order valence-corrected chi connectivity index (χ0v) is 62.2. The van der Waals surface area contributed by atoms with Gasteiger partial charge in [0.25, 0.3) is 0 Å². The third-order valence-corrected chi connectivity index (χ3v) is 19.4. The van der Waals surface area contributed by atoms with E-state index < -0.39 is 267 Å². The lowest BCUT2D eigenvalue weighted by molar-refractivity contribution is -0.314. The molecule has 4 saturated heterocycles. The van der Waals surface area contributed by atoms with Crippen molar-refractivity contribution < 1.29 is 162 Å². The second-order valence-electron chi connectivity index (χ2n) is 27.9.